The van der Waals surface area contributed by atoms with E-state index < -0.39 is 11.4 Å². The maximum atomic E-state index is 9.78. The van der Waals surface area contributed by atoms with E-state index in [2.05, 4.69) is 12.6 Å². The summed E-state index contributed by atoms with van der Waals surface area (Å²) >= 11 is 4.03. The summed E-state index contributed by atoms with van der Waals surface area (Å²) in [5, 5.41) is 17.7. The Morgan fingerprint density at radius 1 is 1.78 bits per heavy atom. The van der Waals surface area contributed by atoms with Gasteiger partial charge in [-0.1, -0.05) is 0 Å². The van der Waals surface area contributed by atoms with Crippen molar-refractivity contribution in [2.75, 3.05) is 6.61 Å². The van der Waals surface area contributed by atoms with Gasteiger partial charge in [0.05, 0.1) is 29.2 Å². The van der Waals surface area contributed by atoms with Crippen LogP contribution in [-0.4, -0.2) is 37.8 Å². The molecular formula is C4H8O3S2. The molecule has 0 saturated carbocycles. The normalized spacial score (nSPS) is 16.3. The lowest BCUT2D eigenvalue weighted by Crippen LogP contribution is -2.25. The Bertz CT molecular complexity index is 121. The predicted octanol–water partition coefficient (Wildman–Crippen LogP) is -1.35. The van der Waals surface area contributed by atoms with Crippen LogP contribution < -0.4 is 0 Å². The number of aliphatic hydroxyl groups is 2. The molecule has 0 aliphatic rings. The zero-order valence-corrected chi connectivity index (χ0v) is 6.31. The van der Waals surface area contributed by atoms with Crippen LogP contribution in [0.25, 0.3) is 0 Å². The molecule has 0 aliphatic carbocycles. The molecule has 0 heterocycles. The Morgan fingerprint density at radius 2 is 2.33 bits per heavy atom. The van der Waals surface area contributed by atoms with Crippen molar-refractivity contribution < 1.29 is 14.4 Å². The van der Waals surface area contributed by atoms with E-state index in [1.807, 2.05) is 0 Å². The summed E-state index contributed by atoms with van der Waals surface area (Å²) in [7, 11) is 0. The first kappa shape index (κ1) is 9.16. The van der Waals surface area contributed by atoms with Gasteiger partial charge in [-0.25, -0.2) is 4.21 Å². The van der Waals surface area contributed by atoms with Gasteiger partial charge in [-0.3, -0.25) is 0 Å². The first-order valence-corrected chi connectivity index (χ1v) is 3.63. The molecule has 0 bridgehead atoms. The first-order chi connectivity index (χ1) is 4.22. The van der Waals surface area contributed by atoms with Crippen molar-refractivity contribution in [2.45, 2.75) is 11.4 Å². The van der Waals surface area contributed by atoms with Gasteiger partial charge >= 0.3 is 0 Å². The molecule has 3 nitrogen and oxygen atoms in total. The smallest absolute Gasteiger partial charge is 0.0930 e. The van der Waals surface area contributed by atoms with Crippen LogP contribution in [-0.2, 0) is 11.3 Å². The van der Waals surface area contributed by atoms with Gasteiger partial charge in [0.2, 0.25) is 0 Å². The molecule has 5 heteroatoms. The lowest BCUT2D eigenvalue weighted by molar-refractivity contribution is 0.106. The second kappa shape index (κ2) is 4.99. The summed E-state index contributed by atoms with van der Waals surface area (Å²) < 4.78 is 9.78. The summed E-state index contributed by atoms with van der Waals surface area (Å²) in [5.41, 5.74) is 0. The molecule has 0 unspecified atom stereocenters. The van der Waals surface area contributed by atoms with Crippen LogP contribution in [0.15, 0.2) is 0 Å². The highest BCUT2D eigenvalue weighted by atomic mass is 32.1. The van der Waals surface area contributed by atoms with Crippen LogP contribution >= 0.6 is 12.6 Å². The van der Waals surface area contributed by atoms with E-state index in [0.29, 0.717) is 0 Å². The molecule has 0 amide bonds. The highest BCUT2D eigenvalue weighted by Gasteiger charge is 2.09. The third-order valence-corrected chi connectivity index (χ3v) is 1.88. The monoisotopic (exact) mass is 168 g/mol. The van der Waals surface area contributed by atoms with E-state index in [1.165, 1.54) is 5.37 Å². The molecule has 0 rings (SSSR count). The van der Waals surface area contributed by atoms with Gasteiger partial charge in [0.25, 0.3) is 0 Å². The Kier molecular flexibility index (Phi) is 5.07. The summed E-state index contributed by atoms with van der Waals surface area (Å²) in [5.74, 6) is 0. The van der Waals surface area contributed by atoms with Crippen LogP contribution in [0.4, 0.5) is 0 Å². The number of hydrogen-bond acceptors (Lipinski definition) is 4. The highest BCUT2D eigenvalue weighted by molar-refractivity contribution is 7.83. The van der Waals surface area contributed by atoms with E-state index in [4.69, 9.17) is 10.2 Å². The van der Waals surface area contributed by atoms with E-state index in [9.17, 15) is 4.21 Å². The second-order valence-electron chi connectivity index (χ2n) is 1.47. The fraction of sp³-hybridized carbons (Fsp3) is 0.750. The van der Waals surface area contributed by atoms with E-state index >= 15 is 0 Å². The lowest BCUT2D eigenvalue weighted by Gasteiger charge is -2.08. The van der Waals surface area contributed by atoms with Gasteiger partial charge in [0.1, 0.15) is 0 Å². The van der Waals surface area contributed by atoms with Gasteiger partial charge in [-0.2, -0.15) is 12.6 Å². The largest absolute Gasteiger partial charge is 0.394 e. The Morgan fingerprint density at radius 3 is 2.67 bits per heavy atom. The molecule has 0 radical (unpaired) electrons. The van der Waals surface area contributed by atoms with Crippen molar-refractivity contribution in [3.8, 4) is 0 Å². The Hall–Kier alpha value is 0.160. The highest BCUT2D eigenvalue weighted by Crippen LogP contribution is 1.96. The van der Waals surface area contributed by atoms with Crippen LogP contribution in [0.5, 0.6) is 0 Å². The molecule has 0 aromatic rings. The van der Waals surface area contributed by atoms with Crippen LogP contribution in [0.3, 0.4) is 0 Å². The minimum atomic E-state index is -0.935. The predicted molar refractivity (Wildman–Crippen MR) is 40.1 cm³/mol. The van der Waals surface area contributed by atoms with Gasteiger partial charge in [0, 0.05) is 5.37 Å². The van der Waals surface area contributed by atoms with E-state index in [-0.39, 0.29) is 17.9 Å². The number of hydrogen-bond donors (Lipinski definition) is 3. The van der Waals surface area contributed by atoms with E-state index in [1.54, 1.807) is 0 Å². The SMILES string of the molecule is O=S=C[C@@H](S)[C@H](O)CO. The Labute approximate surface area is 62.2 Å². The number of aliphatic hydroxyl groups excluding tert-OH is 2. The van der Waals surface area contributed by atoms with E-state index in [0.717, 1.165) is 0 Å². The van der Waals surface area contributed by atoms with Crippen molar-refractivity contribution in [3.63, 3.8) is 0 Å². The molecule has 0 aromatic carbocycles. The topological polar surface area (TPSA) is 57.5 Å². The fourth-order valence-electron chi connectivity index (χ4n) is 0.256. The maximum Gasteiger partial charge on any atom is 0.0930 e. The summed E-state index contributed by atoms with van der Waals surface area (Å²) in [6, 6.07) is 0. The van der Waals surface area contributed by atoms with Gasteiger partial charge in [-0.15, -0.1) is 0 Å². The van der Waals surface area contributed by atoms with Crippen LogP contribution in [0.2, 0.25) is 0 Å². The third kappa shape index (κ3) is 3.69. The standard InChI is InChI=1S/C4H8O3S2/c5-1-3(6)4(8)2-9-7/h2-6,8H,1H2/t3-,4-/m1/s1. The van der Waals surface area contributed by atoms with Crippen molar-refractivity contribution >= 4 is 29.3 Å². The molecule has 0 fully saturated rings. The molecular weight excluding hydrogens is 160 g/mol. The van der Waals surface area contributed by atoms with Gasteiger partial charge in [-0.05, 0) is 0 Å². The maximum absolute atomic E-state index is 9.78. The summed E-state index contributed by atoms with van der Waals surface area (Å²) in [4.78, 5) is 0. The third-order valence-electron chi connectivity index (χ3n) is 0.776. The molecule has 0 saturated heterocycles. The van der Waals surface area contributed by atoms with Gasteiger partial charge in [0.15, 0.2) is 0 Å². The second-order valence-corrected chi connectivity index (χ2v) is 2.53. The van der Waals surface area contributed by atoms with Crippen LogP contribution in [0.1, 0.15) is 0 Å². The van der Waals surface area contributed by atoms with Crippen molar-refractivity contribution in [1.82, 2.24) is 0 Å². The molecule has 2 N–H and O–H groups in total. The zero-order valence-electron chi connectivity index (χ0n) is 4.60. The Balaban J connectivity index is 3.71. The number of rotatable bonds is 3. The molecule has 9 heavy (non-hydrogen) atoms. The fourth-order valence-corrected chi connectivity index (χ4v) is 0.794. The van der Waals surface area contributed by atoms with Crippen LogP contribution in [0, 0.1) is 0 Å². The molecule has 0 aliphatic heterocycles. The van der Waals surface area contributed by atoms with Crippen molar-refractivity contribution in [1.29, 1.82) is 0 Å². The average Bonchev–Trinajstić information content (AvgIpc) is 1.87. The summed E-state index contributed by atoms with van der Waals surface area (Å²) in [6.07, 6.45) is -0.935. The van der Waals surface area contributed by atoms with Gasteiger partial charge < -0.3 is 10.2 Å². The number of thiol groups is 1. The minimum Gasteiger partial charge on any atom is -0.394 e. The molecule has 0 aromatic heterocycles. The average molecular weight is 168 g/mol. The molecule has 2 atom stereocenters. The molecule has 54 valence electrons. The van der Waals surface area contributed by atoms with Crippen molar-refractivity contribution in [2.24, 2.45) is 0 Å². The summed E-state index contributed by atoms with van der Waals surface area (Å²) in [6.45, 7) is -0.370. The zero-order chi connectivity index (χ0) is 7.28. The minimum absolute atomic E-state index is 0.231. The quantitative estimate of drug-likeness (QED) is 0.361. The lowest BCUT2D eigenvalue weighted by atomic mass is 10.3. The van der Waals surface area contributed by atoms with Crippen molar-refractivity contribution in [3.05, 3.63) is 0 Å². The molecule has 0 spiro atoms. The first-order valence-electron chi connectivity index (χ1n) is 2.31.